The summed E-state index contributed by atoms with van der Waals surface area (Å²) >= 11 is -0.551. The Morgan fingerprint density at radius 1 is 0.947 bits per heavy atom. The molecule has 0 spiro atoms. The van der Waals surface area contributed by atoms with Crippen LogP contribution in [0.2, 0.25) is 25.7 Å². The second kappa shape index (κ2) is 13.5. The number of carbonyl (C=O) groups excluding carboxylic acids is 2. The molecule has 0 aromatic heterocycles. The first kappa shape index (κ1) is 31.7. The van der Waals surface area contributed by atoms with Crippen LogP contribution in [-0.2, 0) is 9.47 Å². The van der Waals surface area contributed by atoms with E-state index < -0.39 is 84.3 Å². The second-order valence-corrected chi connectivity index (χ2v) is 15.9. The van der Waals surface area contributed by atoms with Gasteiger partial charge in [-0.25, -0.2) is 22.9 Å². The molecule has 0 saturated carbocycles. The molecule has 210 valence electrons. The zero-order chi connectivity index (χ0) is 28.7. The van der Waals surface area contributed by atoms with Crippen LogP contribution in [0.4, 0.5) is 36.8 Å². The Balaban J connectivity index is 2.47. The van der Waals surface area contributed by atoms with Gasteiger partial charge in [-0.3, -0.25) is 9.69 Å². The lowest BCUT2D eigenvalue weighted by Gasteiger charge is -2.30. The first-order valence-corrected chi connectivity index (χ1v) is 15.9. The third-order valence-corrected chi connectivity index (χ3v) is 7.39. The average Bonchev–Trinajstić information content (AvgIpc) is 2.78. The maximum absolute atomic E-state index is 14.9. The molecular weight excluding hydrogens is 554 g/mol. The van der Waals surface area contributed by atoms with Gasteiger partial charge in [0, 0.05) is 26.2 Å². The number of nitrogens with zero attached hydrogens (tertiary/aromatic N) is 2. The van der Waals surface area contributed by atoms with E-state index in [2.05, 4.69) is 19.6 Å². The van der Waals surface area contributed by atoms with E-state index in [1.807, 2.05) is 0 Å². The molecule has 2 aromatic carbocycles. The lowest BCUT2D eigenvalue weighted by molar-refractivity contribution is -0.0328. The van der Waals surface area contributed by atoms with E-state index in [1.54, 1.807) is 6.92 Å². The highest BCUT2D eigenvalue weighted by molar-refractivity contribution is 8.00. The van der Waals surface area contributed by atoms with Crippen molar-refractivity contribution in [1.29, 1.82) is 0 Å². The number of urea groups is 1. The summed E-state index contributed by atoms with van der Waals surface area (Å²) in [7, 11) is -1.58. The molecule has 6 nitrogen and oxygen atoms in total. The lowest BCUT2D eigenvalue weighted by atomic mass is 10.1. The highest BCUT2D eigenvalue weighted by Gasteiger charge is 2.34. The van der Waals surface area contributed by atoms with Crippen LogP contribution < -0.4 is 4.90 Å². The maximum Gasteiger partial charge on any atom is 0.446 e. The van der Waals surface area contributed by atoms with E-state index in [0.29, 0.717) is 21.9 Å². The van der Waals surface area contributed by atoms with Crippen molar-refractivity contribution in [1.82, 2.24) is 4.90 Å². The van der Waals surface area contributed by atoms with Crippen molar-refractivity contribution in [2.75, 3.05) is 31.6 Å². The van der Waals surface area contributed by atoms with Gasteiger partial charge in [0.1, 0.15) is 36.5 Å². The summed E-state index contributed by atoms with van der Waals surface area (Å²) in [4.78, 5) is 27.3. The molecule has 0 aliphatic heterocycles. The van der Waals surface area contributed by atoms with Crippen LogP contribution in [-0.4, -0.2) is 57.1 Å². The van der Waals surface area contributed by atoms with Crippen molar-refractivity contribution in [2.45, 2.75) is 43.0 Å². The van der Waals surface area contributed by atoms with E-state index in [1.165, 1.54) is 0 Å². The number of rotatable bonds is 11. The average molecular weight is 583 g/mol. The lowest BCUT2D eigenvalue weighted by Crippen LogP contribution is -2.49. The smallest absolute Gasteiger partial charge is 0.361 e. The molecule has 3 amide bonds. The number of alkyl halides is 3. The molecule has 0 bridgehead atoms. The summed E-state index contributed by atoms with van der Waals surface area (Å²) in [6.07, 6.45) is 0. The molecule has 0 unspecified atom stereocenters. The fourth-order valence-electron chi connectivity index (χ4n) is 3.03. The van der Waals surface area contributed by atoms with E-state index in [-0.39, 0.29) is 13.2 Å². The summed E-state index contributed by atoms with van der Waals surface area (Å²) < 4.78 is 92.6. The van der Waals surface area contributed by atoms with Gasteiger partial charge in [-0.05, 0) is 55.1 Å². The predicted molar refractivity (Wildman–Crippen MR) is 134 cm³/mol. The van der Waals surface area contributed by atoms with Crippen molar-refractivity contribution in [2.24, 2.45) is 0 Å². The number of benzene rings is 2. The summed E-state index contributed by atoms with van der Waals surface area (Å²) in [5, 5.41) is 0. The van der Waals surface area contributed by atoms with Gasteiger partial charge in [-0.1, -0.05) is 25.7 Å². The highest BCUT2D eigenvalue weighted by Crippen LogP contribution is 2.38. The molecule has 2 aromatic rings. The number of anilines is 1. The molecule has 0 saturated heterocycles. The Bertz CT molecular complexity index is 1110. The van der Waals surface area contributed by atoms with Gasteiger partial charge in [-0.15, -0.1) is 0 Å². The maximum atomic E-state index is 14.9. The van der Waals surface area contributed by atoms with Crippen molar-refractivity contribution in [3.8, 4) is 0 Å². The molecule has 2 rings (SSSR count). The number of ether oxygens (including phenoxy) is 2. The summed E-state index contributed by atoms with van der Waals surface area (Å²) in [6, 6.07) is 4.53. The molecule has 0 atom stereocenters. The van der Waals surface area contributed by atoms with Gasteiger partial charge in [-0.2, -0.15) is 13.2 Å². The number of halogens is 6. The number of amides is 3. The quantitative estimate of drug-likeness (QED) is 0.0931. The number of hydrogen-bond acceptors (Lipinski definition) is 5. The van der Waals surface area contributed by atoms with Gasteiger partial charge in [0.05, 0.1) is 5.69 Å². The van der Waals surface area contributed by atoms with Crippen LogP contribution >= 0.6 is 11.8 Å². The van der Waals surface area contributed by atoms with Crippen LogP contribution in [0, 0.1) is 17.5 Å². The van der Waals surface area contributed by atoms with Crippen molar-refractivity contribution >= 4 is 37.5 Å². The summed E-state index contributed by atoms with van der Waals surface area (Å²) in [5.74, 6) is -5.06. The molecule has 14 heteroatoms. The highest BCUT2D eigenvalue weighted by atomic mass is 32.2. The summed E-state index contributed by atoms with van der Waals surface area (Å²) in [5.41, 5.74) is -6.21. The van der Waals surface area contributed by atoms with E-state index in [4.69, 9.17) is 9.47 Å². The molecule has 0 N–H and O–H groups in total. The Morgan fingerprint density at radius 3 is 2.11 bits per heavy atom. The van der Waals surface area contributed by atoms with Gasteiger partial charge < -0.3 is 9.47 Å². The Kier molecular flexibility index (Phi) is 11.2. The van der Waals surface area contributed by atoms with Crippen molar-refractivity contribution in [3.63, 3.8) is 0 Å². The number of thioether (sulfide) groups is 1. The molecule has 0 aliphatic carbocycles. The van der Waals surface area contributed by atoms with E-state index >= 15 is 0 Å². The second-order valence-electron chi connectivity index (χ2n) is 9.17. The Labute approximate surface area is 221 Å². The minimum absolute atomic E-state index is 0.0516. The number of carbonyl (C=O) groups is 2. The first-order valence-electron chi connectivity index (χ1n) is 11.4. The predicted octanol–water partition coefficient (Wildman–Crippen LogP) is 7.09. The largest absolute Gasteiger partial charge is 0.446 e. The number of hydrogen-bond donors (Lipinski definition) is 0. The van der Waals surface area contributed by atoms with E-state index in [9.17, 15) is 35.9 Å². The normalized spacial score (nSPS) is 11.9. The molecule has 0 aliphatic rings. The fraction of sp³-hybridized carbons (Fsp3) is 0.417. The topological polar surface area (TPSA) is 59.1 Å². The van der Waals surface area contributed by atoms with Crippen LogP contribution in [0.25, 0.3) is 0 Å². The standard InChI is InChI=1S/C24H28F6N2O4SSi/c1-5-35-14-31(20-10-9-16(13-19(20)27)37-24(28,29)30)23(34)32(15-36-11-12-38(2,3)4)22(33)21-17(25)7-6-8-18(21)26/h6-10,13H,5,11-12,14-15H2,1-4H3. The monoisotopic (exact) mass is 582 g/mol. The van der Waals surface area contributed by atoms with Gasteiger partial charge in [0.2, 0.25) is 0 Å². The van der Waals surface area contributed by atoms with Crippen LogP contribution in [0.15, 0.2) is 41.3 Å². The SMILES string of the molecule is CCOCN(C(=O)N(COCC[Si](C)(C)C)C(=O)c1c(F)cccc1F)c1ccc(SC(F)(F)F)cc1F. The van der Waals surface area contributed by atoms with Crippen molar-refractivity contribution in [3.05, 3.63) is 59.4 Å². The molecular formula is C24H28F6N2O4SSi. The molecule has 0 radical (unpaired) electrons. The van der Waals surface area contributed by atoms with Crippen molar-refractivity contribution < 1.29 is 45.4 Å². The van der Waals surface area contributed by atoms with Gasteiger partial charge in [0.15, 0.2) is 0 Å². The van der Waals surface area contributed by atoms with E-state index in [0.717, 1.165) is 30.3 Å². The minimum Gasteiger partial charge on any atom is -0.361 e. The van der Waals surface area contributed by atoms with Crippen LogP contribution in [0.3, 0.4) is 0 Å². The third kappa shape index (κ3) is 9.33. The molecule has 0 fully saturated rings. The Hall–Kier alpha value is -2.55. The van der Waals surface area contributed by atoms with Crippen LogP contribution in [0.1, 0.15) is 17.3 Å². The fourth-order valence-corrected chi connectivity index (χ4v) is 4.35. The zero-order valence-corrected chi connectivity index (χ0v) is 23.0. The zero-order valence-electron chi connectivity index (χ0n) is 21.2. The van der Waals surface area contributed by atoms with Gasteiger partial charge >= 0.3 is 11.5 Å². The summed E-state index contributed by atoms with van der Waals surface area (Å²) in [6.45, 7) is 6.61. The first-order chi connectivity index (χ1) is 17.6. The molecule has 0 heterocycles. The number of imide groups is 1. The van der Waals surface area contributed by atoms with Gasteiger partial charge in [0.25, 0.3) is 5.91 Å². The third-order valence-electron chi connectivity index (χ3n) is 4.97. The Morgan fingerprint density at radius 2 is 1.58 bits per heavy atom. The van der Waals surface area contributed by atoms with Crippen LogP contribution in [0.5, 0.6) is 0 Å². The molecule has 38 heavy (non-hydrogen) atoms. The minimum atomic E-state index is -4.67.